The number of H-pyrrole nitrogens is 1. The van der Waals surface area contributed by atoms with Gasteiger partial charge in [0.1, 0.15) is 5.52 Å². The van der Waals surface area contributed by atoms with Crippen LogP contribution in [0.3, 0.4) is 0 Å². The molecule has 0 bridgehead atoms. The highest BCUT2D eigenvalue weighted by atomic mass is 16.1. The van der Waals surface area contributed by atoms with E-state index in [-0.39, 0.29) is 5.69 Å². The zero-order valence-electron chi connectivity index (χ0n) is 7.77. The Kier molecular flexibility index (Phi) is 1.56. The monoisotopic (exact) mass is 197 g/mol. The van der Waals surface area contributed by atoms with Gasteiger partial charge in [0.05, 0.1) is 17.2 Å². The predicted molar refractivity (Wildman–Crippen MR) is 57.7 cm³/mol. The summed E-state index contributed by atoms with van der Waals surface area (Å²) in [4.78, 5) is 21.7. The molecule has 0 saturated carbocycles. The second-order valence-electron chi connectivity index (χ2n) is 3.30. The third kappa shape index (κ3) is 1.27. The first-order valence-corrected chi connectivity index (χ1v) is 4.58. The topological polar surface area (TPSA) is 58.6 Å². The fraction of sp³-hybridized carbons (Fsp3) is 0. The van der Waals surface area contributed by atoms with Gasteiger partial charge < -0.3 is 4.98 Å². The normalized spacial score (nSPS) is 10.9. The van der Waals surface area contributed by atoms with Crippen molar-refractivity contribution in [1.82, 2.24) is 15.0 Å². The number of hydrogen-bond donors (Lipinski definition) is 1. The van der Waals surface area contributed by atoms with Gasteiger partial charge in [0, 0.05) is 5.39 Å². The van der Waals surface area contributed by atoms with Gasteiger partial charge >= 0.3 is 5.69 Å². The first-order chi connectivity index (χ1) is 7.33. The Hall–Kier alpha value is -2.23. The van der Waals surface area contributed by atoms with Crippen molar-refractivity contribution < 1.29 is 0 Å². The summed E-state index contributed by atoms with van der Waals surface area (Å²) >= 11 is 0. The molecule has 0 atom stereocenters. The van der Waals surface area contributed by atoms with E-state index in [0.717, 1.165) is 10.9 Å². The second kappa shape index (κ2) is 2.88. The maximum Gasteiger partial charge on any atom is 0.345 e. The lowest BCUT2D eigenvalue weighted by Gasteiger charge is -1.99. The summed E-state index contributed by atoms with van der Waals surface area (Å²) < 4.78 is 0. The first-order valence-electron chi connectivity index (χ1n) is 4.58. The molecule has 4 nitrogen and oxygen atoms in total. The van der Waals surface area contributed by atoms with Gasteiger partial charge in [0.25, 0.3) is 0 Å². The maximum atomic E-state index is 11.0. The van der Waals surface area contributed by atoms with Crippen LogP contribution < -0.4 is 5.69 Å². The van der Waals surface area contributed by atoms with Crippen LogP contribution in [0.15, 0.2) is 41.3 Å². The molecular weight excluding hydrogens is 190 g/mol. The molecule has 0 aliphatic heterocycles. The van der Waals surface area contributed by atoms with Crippen molar-refractivity contribution in [2.75, 3.05) is 0 Å². The van der Waals surface area contributed by atoms with E-state index in [1.807, 2.05) is 30.3 Å². The number of aromatic nitrogens is 3. The SMILES string of the molecule is O=c1ncc2nc3ccccc3cc2[nH]1. The van der Waals surface area contributed by atoms with Crippen molar-refractivity contribution in [2.24, 2.45) is 0 Å². The third-order valence-electron chi connectivity index (χ3n) is 2.30. The lowest BCUT2D eigenvalue weighted by atomic mass is 10.2. The number of fused-ring (bicyclic) bond motifs is 2. The predicted octanol–water partition coefficient (Wildman–Crippen LogP) is 1.47. The van der Waals surface area contributed by atoms with E-state index < -0.39 is 0 Å². The average Bonchev–Trinajstić information content (AvgIpc) is 2.26. The summed E-state index contributed by atoms with van der Waals surface area (Å²) in [5.74, 6) is 0. The smallest absolute Gasteiger partial charge is 0.304 e. The third-order valence-corrected chi connectivity index (χ3v) is 2.30. The molecule has 2 aromatic heterocycles. The molecule has 1 N–H and O–H groups in total. The van der Waals surface area contributed by atoms with Gasteiger partial charge in [0.2, 0.25) is 0 Å². The number of benzene rings is 1. The lowest BCUT2D eigenvalue weighted by molar-refractivity contribution is 1.11. The Morgan fingerprint density at radius 1 is 1.13 bits per heavy atom. The van der Waals surface area contributed by atoms with Crippen LogP contribution in [0.5, 0.6) is 0 Å². The molecule has 3 rings (SSSR count). The highest BCUT2D eigenvalue weighted by Crippen LogP contribution is 2.15. The molecule has 72 valence electrons. The van der Waals surface area contributed by atoms with Gasteiger partial charge in [-0.1, -0.05) is 18.2 Å². The van der Waals surface area contributed by atoms with Crippen molar-refractivity contribution in [3.63, 3.8) is 0 Å². The summed E-state index contributed by atoms with van der Waals surface area (Å²) in [6.07, 6.45) is 1.49. The minimum atomic E-state index is -0.348. The van der Waals surface area contributed by atoms with Crippen LogP contribution in [0.4, 0.5) is 0 Å². The lowest BCUT2D eigenvalue weighted by Crippen LogP contribution is -2.08. The molecule has 3 aromatic rings. The molecule has 0 radical (unpaired) electrons. The van der Waals surface area contributed by atoms with Gasteiger partial charge in [-0.15, -0.1) is 0 Å². The number of rotatable bonds is 0. The largest absolute Gasteiger partial charge is 0.345 e. The molecule has 0 saturated heterocycles. The molecule has 0 fully saturated rings. The second-order valence-corrected chi connectivity index (χ2v) is 3.30. The minimum Gasteiger partial charge on any atom is -0.304 e. The average molecular weight is 197 g/mol. The number of hydrogen-bond acceptors (Lipinski definition) is 3. The molecule has 2 heterocycles. The van der Waals surface area contributed by atoms with E-state index in [0.29, 0.717) is 11.0 Å². The summed E-state index contributed by atoms with van der Waals surface area (Å²) in [5.41, 5.74) is 1.97. The molecule has 0 aliphatic rings. The molecule has 15 heavy (non-hydrogen) atoms. The molecule has 0 aliphatic carbocycles. The summed E-state index contributed by atoms with van der Waals surface area (Å²) in [6, 6.07) is 9.66. The Labute approximate surface area is 84.6 Å². The van der Waals surface area contributed by atoms with Crippen LogP contribution in [0.2, 0.25) is 0 Å². The van der Waals surface area contributed by atoms with E-state index in [9.17, 15) is 4.79 Å². The molecule has 1 aromatic carbocycles. The number of para-hydroxylation sites is 1. The van der Waals surface area contributed by atoms with E-state index >= 15 is 0 Å². The minimum absolute atomic E-state index is 0.348. The molecule has 4 heteroatoms. The van der Waals surface area contributed by atoms with Crippen LogP contribution in [-0.2, 0) is 0 Å². The van der Waals surface area contributed by atoms with Gasteiger partial charge in [-0.3, -0.25) is 0 Å². The number of nitrogens with one attached hydrogen (secondary N) is 1. The number of nitrogens with zero attached hydrogens (tertiary/aromatic N) is 2. The van der Waals surface area contributed by atoms with E-state index in [1.54, 1.807) is 0 Å². The van der Waals surface area contributed by atoms with Crippen molar-refractivity contribution in [2.45, 2.75) is 0 Å². The van der Waals surface area contributed by atoms with E-state index in [2.05, 4.69) is 15.0 Å². The Morgan fingerprint density at radius 2 is 2.00 bits per heavy atom. The number of aromatic amines is 1. The maximum absolute atomic E-state index is 11.0. The standard InChI is InChI=1S/C11H7N3O/c15-11-12-6-10-9(14-11)5-7-3-1-2-4-8(7)13-10/h1-6H,(H,12,14,15). The summed E-state index contributed by atoms with van der Waals surface area (Å²) in [6.45, 7) is 0. The van der Waals surface area contributed by atoms with Crippen molar-refractivity contribution >= 4 is 21.9 Å². The van der Waals surface area contributed by atoms with Crippen LogP contribution in [0.25, 0.3) is 21.9 Å². The van der Waals surface area contributed by atoms with Gasteiger partial charge in [-0.25, -0.2) is 9.78 Å². The van der Waals surface area contributed by atoms with Crippen LogP contribution >= 0.6 is 0 Å². The van der Waals surface area contributed by atoms with E-state index in [1.165, 1.54) is 6.20 Å². The summed E-state index contributed by atoms with van der Waals surface area (Å²) in [5, 5.41) is 1.01. The van der Waals surface area contributed by atoms with Gasteiger partial charge in [-0.2, -0.15) is 4.98 Å². The zero-order valence-corrected chi connectivity index (χ0v) is 7.77. The molecular formula is C11H7N3O. The number of pyridine rings is 1. The quantitative estimate of drug-likeness (QED) is 0.555. The Balaban J connectivity index is 2.53. The highest BCUT2D eigenvalue weighted by Gasteiger charge is 1.99. The van der Waals surface area contributed by atoms with Crippen molar-refractivity contribution in [3.8, 4) is 0 Å². The highest BCUT2D eigenvalue weighted by molar-refractivity contribution is 5.89. The van der Waals surface area contributed by atoms with Crippen LogP contribution in [-0.4, -0.2) is 15.0 Å². The zero-order chi connectivity index (χ0) is 10.3. The Morgan fingerprint density at radius 3 is 2.93 bits per heavy atom. The fourth-order valence-corrected chi connectivity index (χ4v) is 1.60. The van der Waals surface area contributed by atoms with Crippen molar-refractivity contribution in [1.29, 1.82) is 0 Å². The summed E-state index contributed by atoms with van der Waals surface area (Å²) in [7, 11) is 0. The van der Waals surface area contributed by atoms with Crippen molar-refractivity contribution in [3.05, 3.63) is 47.0 Å². The molecule has 0 amide bonds. The fourth-order valence-electron chi connectivity index (χ4n) is 1.60. The molecule has 0 spiro atoms. The van der Waals surface area contributed by atoms with Crippen LogP contribution in [0.1, 0.15) is 0 Å². The van der Waals surface area contributed by atoms with Crippen LogP contribution in [0, 0.1) is 0 Å². The molecule has 0 unspecified atom stereocenters. The first kappa shape index (κ1) is 8.11. The van der Waals surface area contributed by atoms with Gasteiger partial charge in [0.15, 0.2) is 0 Å². The Bertz CT molecular complexity index is 703. The van der Waals surface area contributed by atoms with Gasteiger partial charge in [-0.05, 0) is 12.1 Å². The van der Waals surface area contributed by atoms with E-state index in [4.69, 9.17) is 0 Å².